The number of amides is 1. The quantitative estimate of drug-likeness (QED) is 0.396. The van der Waals surface area contributed by atoms with E-state index in [0.717, 1.165) is 69.6 Å². The van der Waals surface area contributed by atoms with Crippen LogP contribution in [0.25, 0.3) is 0 Å². The Kier molecular flexibility index (Phi) is 11.5. The van der Waals surface area contributed by atoms with Gasteiger partial charge in [0, 0.05) is 63.7 Å². The summed E-state index contributed by atoms with van der Waals surface area (Å²) in [5.74, 6) is 2.46. The fourth-order valence-corrected chi connectivity index (χ4v) is 5.00. The highest BCUT2D eigenvalue weighted by Gasteiger charge is 2.19. The van der Waals surface area contributed by atoms with E-state index in [9.17, 15) is 9.90 Å². The third kappa shape index (κ3) is 9.17. The zero-order chi connectivity index (χ0) is 28.2. The molecule has 8 heteroatoms. The number of aryl methyl sites for hydroxylation is 2. The molecule has 2 aromatic carbocycles. The molecule has 1 aliphatic rings. The lowest BCUT2D eigenvalue weighted by Gasteiger charge is -2.28. The molecule has 0 bridgehead atoms. The summed E-state index contributed by atoms with van der Waals surface area (Å²) in [7, 11) is 0. The largest absolute Gasteiger partial charge is 0.493 e. The molecule has 0 unspecified atom stereocenters. The minimum absolute atomic E-state index is 0.127. The molecule has 2 heterocycles. The lowest BCUT2D eigenvalue weighted by Crippen LogP contribution is -2.39. The molecule has 1 aliphatic heterocycles. The van der Waals surface area contributed by atoms with Crippen LogP contribution in [0.4, 0.5) is 0 Å². The number of hydrogen-bond acceptors (Lipinski definition) is 7. The van der Waals surface area contributed by atoms with Crippen LogP contribution in [-0.4, -0.2) is 63.8 Å². The van der Waals surface area contributed by atoms with Gasteiger partial charge >= 0.3 is 0 Å². The first-order valence-electron chi connectivity index (χ1n) is 14.7. The fourth-order valence-electron chi connectivity index (χ4n) is 5.00. The van der Waals surface area contributed by atoms with E-state index in [4.69, 9.17) is 9.26 Å². The number of fused-ring (bicyclic) bond motifs is 1. The molecule has 8 nitrogen and oxygen atoms in total. The third-order valence-electron chi connectivity index (χ3n) is 7.31. The van der Waals surface area contributed by atoms with E-state index in [1.54, 1.807) is 0 Å². The second kappa shape index (κ2) is 15.5. The number of nitrogens with zero attached hydrogens (tertiary/aromatic N) is 4. The molecule has 0 atom stereocenters. The van der Waals surface area contributed by atoms with Crippen LogP contribution in [0.1, 0.15) is 80.3 Å². The first kappa shape index (κ1) is 29.7. The van der Waals surface area contributed by atoms with Crippen molar-refractivity contribution < 1.29 is 19.2 Å². The van der Waals surface area contributed by atoms with Gasteiger partial charge in [-0.3, -0.25) is 9.69 Å². The minimum Gasteiger partial charge on any atom is -0.493 e. The van der Waals surface area contributed by atoms with Crippen molar-refractivity contribution in [1.29, 1.82) is 0 Å². The van der Waals surface area contributed by atoms with Crippen LogP contribution >= 0.6 is 0 Å². The lowest BCUT2D eigenvalue weighted by atomic mass is 10.0. The van der Waals surface area contributed by atoms with E-state index in [2.05, 4.69) is 57.5 Å². The van der Waals surface area contributed by atoms with Crippen molar-refractivity contribution in [1.82, 2.24) is 19.9 Å². The molecule has 0 radical (unpaired) electrons. The molecule has 0 saturated carbocycles. The Bertz CT molecular complexity index is 1180. The normalized spacial score (nSPS) is 15.6. The molecule has 0 saturated heterocycles. The highest BCUT2D eigenvalue weighted by molar-refractivity contribution is 5.76. The Morgan fingerprint density at radius 1 is 1.00 bits per heavy atom. The van der Waals surface area contributed by atoms with Gasteiger partial charge in [0.2, 0.25) is 11.8 Å². The zero-order valence-electron chi connectivity index (χ0n) is 24.1. The number of carbonyl (C=O) groups is 1. The summed E-state index contributed by atoms with van der Waals surface area (Å²) in [5.41, 5.74) is 3.60. The molecule has 0 fully saturated rings. The highest BCUT2D eigenvalue weighted by Crippen LogP contribution is 2.25. The van der Waals surface area contributed by atoms with Gasteiger partial charge in [0.05, 0.1) is 6.61 Å². The summed E-state index contributed by atoms with van der Waals surface area (Å²) < 4.78 is 11.6. The van der Waals surface area contributed by atoms with Crippen LogP contribution in [0.2, 0.25) is 0 Å². The maximum atomic E-state index is 13.4. The van der Waals surface area contributed by atoms with Crippen LogP contribution < -0.4 is 4.74 Å². The number of aromatic nitrogens is 2. The predicted molar refractivity (Wildman–Crippen MR) is 155 cm³/mol. The smallest absolute Gasteiger partial charge is 0.227 e. The highest BCUT2D eigenvalue weighted by atomic mass is 16.5. The number of aliphatic hydroxyl groups is 1. The van der Waals surface area contributed by atoms with Gasteiger partial charge in [0.1, 0.15) is 5.75 Å². The van der Waals surface area contributed by atoms with E-state index < -0.39 is 0 Å². The van der Waals surface area contributed by atoms with Crippen molar-refractivity contribution in [2.45, 2.75) is 77.8 Å². The standard InChI is InChI=1S/C32H44N4O4/c1-25(2)32-33-30(40-34-32)15-16-31(38)36-17-7-4-8-21-39-29-14-13-26(12-9-20-37)22-28(29)24-35(18-19-36)23-27-10-5-3-6-11-27/h3,5-6,10-11,13-14,22,25,37H,4,7-9,12,15-21,23-24H2,1-2H3. The van der Waals surface area contributed by atoms with Crippen LogP contribution in [-0.2, 0) is 30.7 Å². The van der Waals surface area contributed by atoms with Gasteiger partial charge in [0.25, 0.3) is 0 Å². The number of hydrogen-bond donors (Lipinski definition) is 1. The van der Waals surface area contributed by atoms with Gasteiger partial charge < -0.3 is 19.3 Å². The summed E-state index contributed by atoms with van der Waals surface area (Å²) in [6.07, 6.45) is 5.29. The van der Waals surface area contributed by atoms with Gasteiger partial charge in [-0.25, -0.2) is 0 Å². The SMILES string of the molecule is CC(C)c1noc(CCC(=O)N2CCCCCOc3ccc(CCCO)cc3CN(Cc3ccccc3)CC2)n1. The second-order valence-corrected chi connectivity index (χ2v) is 11.0. The molecule has 4 rings (SSSR count). The fraction of sp³-hybridized carbons (Fsp3) is 0.531. The van der Waals surface area contributed by atoms with E-state index in [-0.39, 0.29) is 18.4 Å². The summed E-state index contributed by atoms with van der Waals surface area (Å²) in [4.78, 5) is 22.2. The molecule has 0 aliphatic carbocycles. The average molecular weight is 549 g/mol. The molecule has 216 valence electrons. The Balaban J connectivity index is 1.50. The summed E-state index contributed by atoms with van der Waals surface area (Å²) in [6.45, 7) is 8.54. The van der Waals surface area contributed by atoms with Crippen molar-refractivity contribution in [3.8, 4) is 5.75 Å². The molecule has 0 spiro atoms. The molecular formula is C32H44N4O4. The van der Waals surface area contributed by atoms with Crippen LogP contribution in [0.5, 0.6) is 5.75 Å². The van der Waals surface area contributed by atoms with E-state index in [0.29, 0.717) is 37.7 Å². The van der Waals surface area contributed by atoms with Crippen LogP contribution in [0, 0.1) is 0 Å². The van der Waals surface area contributed by atoms with Crippen molar-refractivity contribution in [2.24, 2.45) is 0 Å². The average Bonchev–Trinajstić information content (AvgIpc) is 3.45. The zero-order valence-corrected chi connectivity index (χ0v) is 24.1. The molecule has 1 N–H and O–H groups in total. The molecule has 3 aromatic rings. The lowest BCUT2D eigenvalue weighted by molar-refractivity contribution is -0.131. The summed E-state index contributed by atoms with van der Waals surface area (Å²) in [6, 6.07) is 16.9. The maximum Gasteiger partial charge on any atom is 0.227 e. The first-order valence-corrected chi connectivity index (χ1v) is 14.7. The second-order valence-electron chi connectivity index (χ2n) is 11.0. The molecule has 1 amide bonds. The predicted octanol–water partition coefficient (Wildman–Crippen LogP) is 5.14. The minimum atomic E-state index is 0.127. The number of ether oxygens (including phenoxy) is 1. The number of carbonyl (C=O) groups excluding carboxylic acids is 1. The number of rotatable bonds is 9. The Hall–Kier alpha value is -3.23. The first-order chi connectivity index (χ1) is 19.5. The summed E-state index contributed by atoms with van der Waals surface area (Å²) >= 11 is 0. The maximum absolute atomic E-state index is 13.4. The molecule has 1 aromatic heterocycles. The monoisotopic (exact) mass is 548 g/mol. The van der Waals surface area contributed by atoms with Crippen LogP contribution in [0.3, 0.4) is 0 Å². The van der Waals surface area contributed by atoms with Crippen molar-refractivity contribution in [3.63, 3.8) is 0 Å². The van der Waals surface area contributed by atoms with Crippen molar-refractivity contribution in [3.05, 3.63) is 76.9 Å². The van der Waals surface area contributed by atoms with Crippen molar-refractivity contribution in [2.75, 3.05) is 32.8 Å². The Morgan fingerprint density at radius 2 is 1.85 bits per heavy atom. The Labute approximate surface area is 238 Å². The Morgan fingerprint density at radius 3 is 2.62 bits per heavy atom. The van der Waals surface area contributed by atoms with Gasteiger partial charge in [0.15, 0.2) is 5.82 Å². The third-order valence-corrected chi connectivity index (χ3v) is 7.31. The van der Waals surface area contributed by atoms with Crippen molar-refractivity contribution >= 4 is 5.91 Å². The van der Waals surface area contributed by atoms with Gasteiger partial charge in [-0.15, -0.1) is 0 Å². The number of benzene rings is 2. The van der Waals surface area contributed by atoms with Gasteiger partial charge in [-0.05, 0) is 49.3 Å². The van der Waals surface area contributed by atoms with Gasteiger partial charge in [-0.2, -0.15) is 4.98 Å². The van der Waals surface area contributed by atoms with E-state index in [1.807, 2.05) is 24.8 Å². The van der Waals surface area contributed by atoms with Crippen LogP contribution in [0.15, 0.2) is 53.1 Å². The number of aliphatic hydroxyl groups excluding tert-OH is 1. The van der Waals surface area contributed by atoms with E-state index >= 15 is 0 Å². The van der Waals surface area contributed by atoms with Gasteiger partial charge in [-0.1, -0.05) is 61.5 Å². The van der Waals surface area contributed by atoms with E-state index in [1.165, 1.54) is 11.1 Å². The summed E-state index contributed by atoms with van der Waals surface area (Å²) in [5, 5.41) is 13.4. The molecule has 40 heavy (non-hydrogen) atoms. The topological polar surface area (TPSA) is 91.9 Å². The molecular weight excluding hydrogens is 504 g/mol.